The maximum atomic E-state index is 6.12. The van der Waals surface area contributed by atoms with Crippen LogP contribution in [-0.4, -0.2) is 11.5 Å². The van der Waals surface area contributed by atoms with Crippen LogP contribution in [0.2, 0.25) is 0 Å². The first-order valence-corrected chi connectivity index (χ1v) is 9.96. The van der Waals surface area contributed by atoms with E-state index in [4.69, 9.17) is 17.5 Å². The van der Waals surface area contributed by atoms with E-state index in [1.165, 1.54) is 0 Å². The van der Waals surface area contributed by atoms with Gasteiger partial charge in [0.25, 0.3) is 0 Å². The number of benzene rings is 2. The quantitative estimate of drug-likeness (QED) is 0.516. The van der Waals surface area contributed by atoms with Gasteiger partial charge in [0, 0.05) is 10.6 Å². The summed E-state index contributed by atoms with van der Waals surface area (Å²) < 4.78 is 0. The summed E-state index contributed by atoms with van der Waals surface area (Å²) in [5.74, 6) is 0.392. The molecule has 0 atom stereocenters. The van der Waals surface area contributed by atoms with Crippen molar-refractivity contribution in [3.05, 3.63) is 60.7 Å². The van der Waals surface area contributed by atoms with Crippen molar-refractivity contribution in [1.82, 2.24) is 5.09 Å². The van der Waals surface area contributed by atoms with Gasteiger partial charge in [-0.05, 0) is 20.8 Å². The van der Waals surface area contributed by atoms with E-state index in [0.29, 0.717) is 5.96 Å². The van der Waals surface area contributed by atoms with Crippen LogP contribution in [0.25, 0.3) is 0 Å². The molecule has 0 spiro atoms. The average molecular weight is 331 g/mol. The van der Waals surface area contributed by atoms with E-state index in [1.54, 1.807) is 0 Å². The van der Waals surface area contributed by atoms with E-state index in [1.807, 2.05) is 81.4 Å². The molecule has 3 N–H and O–H groups in total. The predicted octanol–water partition coefficient (Wildman–Crippen LogP) is 2.73. The van der Waals surface area contributed by atoms with E-state index < -0.39 is 6.19 Å². The Hall–Kier alpha value is -1.64. The summed E-state index contributed by atoms with van der Waals surface area (Å²) in [5, 5.41) is 5.48. The Labute approximate surface area is 137 Å². The third-order valence-electron chi connectivity index (χ3n) is 2.97. The highest BCUT2D eigenvalue weighted by molar-refractivity contribution is 8.21. The normalized spacial score (nSPS) is 13.0. The van der Waals surface area contributed by atoms with Gasteiger partial charge in [0.15, 0.2) is 5.96 Å². The highest BCUT2D eigenvalue weighted by Gasteiger charge is 2.23. The van der Waals surface area contributed by atoms with Crippen LogP contribution in [0.15, 0.2) is 65.7 Å². The van der Waals surface area contributed by atoms with Crippen molar-refractivity contribution in [2.24, 2.45) is 10.7 Å². The largest absolute Gasteiger partial charge is 0.370 e. The molecule has 0 aromatic heterocycles. The molecular formula is C17H22N3PS. The molecule has 116 valence electrons. The number of aliphatic imine (C=N–C) groups is 1. The second kappa shape index (κ2) is 6.64. The average Bonchev–Trinajstić information content (AvgIpc) is 2.47. The number of nitrogens with zero attached hydrogens (tertiary/aromatic N) is 1. The number of nitrogens with two attached hydrogens (primary N) is 1. The lowest BCUT2D eigenvalue weighted by Crippen LogP contribution is -2.38. The topological polar surface area (TPSA) is 50.4 Å². The molecule has 0 radical (unpaired) electrons. The zero-order chi connectivity index (χ0) is 16.2. The van der Waals surface area contributed by atoms with Crippen LogP contribution in [0.1, 0.15) is 20.8 Å². The first-order chi connectivity index (χ1) is 10.3. The molecule has 0 saturated carbocycles. The Balaban J connectivity index is 2.49. The van der Waals surface area contributed by atoms with Crippen molar-refractivity contribution in [2.75, 3.05) is 0 Å². The lowest BCUT2D eigenvalue weighted by Gasteiger charge is -2.26. The van der Waals surface area contributed by atoms with Crippen molar-refractivity contribution < 1.29 is 0 Å². The number of rotatable bonds is 3. The van der Waals surface area contributed by atoms with Crippen LogP contribution in [0.4, 0.5) is 0 Å². The third-order valence-corrected chi connectivity index (χ3v) is 7.10. The van der Waals surface area contributed by atoms with E-state index in [9.17, 15) is 0 Å². The number of nitrogens with one attached hydrogen (secondary N) is 1. The second-order valence-electron chi connectivity index (χ2n) is 6.06. The molecule has 0 bridgehead atoms. The van der Waals surface area contributed by atoms with Crippen LogP contribution in [0.5, 0.6) is 0 Å². The van der Waals surface area contributed by atoms with Crippen molar-refractivity contribution >= 4 is 34.6 Å². The van der Waals surface area contributed by atoms with Gasteiger partial charge < -0.3 is 10.8 Å². The standard InChI is InChI=1S/C17H22N3PS/c1-17(2,3)19-16(18)20-21(22,14-10-6-4-7-11-14)15-12-8-5-9-13-15/h4-13H,1-3H3,(H3,18,19,20,22). The molecule has 2 aromatic carbocycles. The predicted molar refractivity (Wildman–Crippen MR) is 101 cm³/mol. The fraction of sp³-hybridized carbons (Fsp3) is 0.235. The number of guanidine groups is 1. The molecule has 0 aliphatic rings. The maximum Gasteiger partial charge on any atom is 0.193 e. The Morgan fingerprint density at radius 1 is 0.955 bits per heavy atom. The van der Waals surface area contributed by atoms with E-state index in [2.05, 4.69) is 10.1 Å². The van der Waals surface area contributed by atoms with Crippen molar-refractivity contribution in [3.63, 3.8) is 0 Å². The lowest BCUT2D eigenvalue weighted by molar-refractivity contribution is 0.581. The molecule has 0 fully saturated rings. The fourth-order valence-corrected chi connectivity index (χ4v) is 5.23. The zero-order valence-corrected chi connectivity index (χ0v) is 14.9. The highest BCUT2D eigenvalue weighted by Crippen LogP contribution is 2.38. The van der Waals surface area contributed by atoms with E-state index in [0.717, 1.165) is 10.6 Å². The second-order valence-corrected chi connectivity index (χ2v) is 10.2. The molecule has 22 heavy (non-hydrogen) atoms. The lowest BCUT2D eigenvalue weighted by atomic mass is 10.1. The summed E-state index contributed by atoms with van der Waals surface area (Å²) in [6, 6.07) is 20.2. The molecule has 0 unspecified atom stereocenters. The third kappa shape index (κ3) is 4.19. The molecule has 5 heteroatoms. The Morgan fingerprint density at radius 3 is 1.73 bits per heavy atom. The van der Waals surface area contributed by atoms with Gasteiger partial charge in [0.2, 0.25) is 0 Å². The smallest absolute Gasteiger partial charge is 0.193 e. The van der Waals surface area contributed by atoms with Crippen molar-refractivity contribution in [1.29, 1.82) is 0 Å². The van der Waals surface area contributed by atoms with Gasteiger partial charge in [-0.15, -0.1) is 0 Å². The fourth-order valence-electron chi connectivity index (χ4n) is 2.10. The molecule has 0 amide bonds. The molecule has 0 saturated heterocycles. The Bertz CT molecular complexity index is 647. The molecule has 2 aromatic rings. The van der Waals surface area contributed by atoms with E-state index in [-0.39, 0.29) is 5.54 Å². The first-order valence-electron chi connectivity index (χ1n) is 7.16. The zero-order valence-electron chi connectivity index (χ0n) is 13.2. The molecule has 0 aliphatic heterocycles. The Morgan fingerprint density at radius 2 is 1.36 bits per heavy atom. The van der Waals surface area contributed by atoms with Crippen LogP contribution >= 0.6 is 6.19 Å². The molecule has 0 aliphatic carbocycles. The summed E-state index contributed by atoms with van der Waals surface area (Å²) in [6.07, 6.45) is -2.24. The van der Waals surface area contributed by atoms with Crippen molar-refractivity contribution in [3.8, 4) is 0 Å². The van der Waals surface area contributed by atoms with Gasteiger partial charge in [-0.1, -0.05) is 72.5 Å². The Kier molecular flexibility index (Phi) is 5.05. The summed E-state index contributed by atoms with van der Waals surface area (Å²) in [7, 11) is 0. The van der Waals surface area contributed by atoms with E-state index >= 15 is 0 Å². The van der Waals surface area contributed by atoms with Gasteiger partial charge in [0.1, 0.15) is 0 Å². The molecular weight excluding hydrogens is 309 g/mol. The maximum absolute atomic E-state index is 6.12. The van der Waals surface area contributed by atoms with Crippen LogP contribution in [-0.2, 0) is 11.8 Å². The molecule has 3 nitrogen and oxygen atoms in total. The van der Waals surface area contributed by atoms with Crippen LogP contribution in [0.3, 0.4) is 0 Å². The van der Waals surface area contributed by atoms with Crippen molar-refractivity contribution in [2.45, 2.75) is 26.3 Å². The molecule has 2 rings (SSSR count). The number of hydrogen-bond acceptors (Lipinski definition) is 2. The van der Waals surface area contributed by atoms with Crippen LogP contribution in [0, 0.1) is 0 Å². The monoisotopic (exact) mass is 331 g/mol. The number of hydrogen-bond donors (Lipinski definition) is 2. The van der Waals surface area contributed by atoms with Crippen LogP contribution < -0.4 is 21.4 Å². The minimum absolute atomic E-state index is 0.245. The van der Waals surface area contributed by atoms with Gasteiger partial charge in [-0.3, -0.25) is 0 Å². The SMILES string of the molecule is CC(C)(C)N=C(N)NP(=S)(c1ccccc1)c1ccccc1. The summed E-state index contributed by atoms with van der Waals surface area (Å²) >= 11 is 6.04. The first kappa shape index (κ1) is 16.7. The summed E-state index contributed by atoms with van der Waals surface area (Å²) in [4.78, 5) is 4.49. The summed E-state index contributed by atoms with van der Waals surface area (Å²) in [6.45, 7) is 6.03. The minimum atomic E-state index is -2.24. The van der Waals surface area contributed by atoms with Gasteiger partial charge in [-0.2, -0.15) is 0 Å². The molecule has 0 heterocycles. The summed E-state index contributed by atoms with van der Waals surface area (Å²) in [5.41, 5.74) is 5.88. The van der Waals surface area contributed by atoms with Gasteiger partial charge >= 0.3 is 0 Å². The minimum Gasteiger partial charge on any atom is -0.370 e. The highest BCUT2D eigenvalue weighted by atomic mass is 32.4. The van der Waals surface area contributed by atoms with Gasteiger partial charge in [-0.25, -0.2) is 4.99 Å². The van der Waals surface area contributed by atoms with Gasteiger partial charge in [0.05, 0.1) is 11.7 Å².